The Morgan fingerprint density at radius 2 is 2.03 bits per heavy atom. The molecule has 174 valence electrons. The molecule has 0 aromatic carbocycles. The second-order valence-electron chi connectivity index (χ2n) is 9.13. The van der Waals surface area contributed by atoms with E-state index >= 15 is 0 Å². The van der Waals surface area contributed by atoms with Gasteiger partial charge in [-0.2, -0.15) is 5.10 Å². The lowest BCUT2D eigenvalue weighted by Crippen LogP contribution is -2.49. The van der Waals surface area contributed by atoms with Crippen molar-refractivity contribution >= 4 is 17.3 Å². The molecular formula is C24H30N6O3. The van der Waals surface area contributed by atoms with Crippen LogP contribution in [0.4, 0.5) is 11.4 Å². The van der Waals surface area contributed by atoms with E-state index in [9.17, 15) is 15.0 Å². The SMILES string of the molecule is Cc1c(-c2ccc(N)c(C(=O)Nc3cnccc3[C@H]3C[C@@H](O)[C@](C)(O)[C@@H](C)C3)n2)cnn1C. The van der Waals surface area contributed by atoms with Crippen LogP contribution in [0.2, 0.25) is 0 Å². The number of pyridine rings is 2. The fraction of sp³-hybridized carbons (Fsp3) is 0.417. The molecule has 9 heteroatoms. The van der Waals surface area contributed by atoms with Crippen LogP contribution >= 0.6 is 0 Å². The maximum absolute atomic E-state index is 13.2. The van der Waals surface area contributed by atoms with Gasteiger partial charge in [0, 0.05) is 24.5 Å². The van der Waals surface area contributed by atoms with E-state index in [0.717, 1.165) is 16.8 Å². The summed E-state index contributed by atoms with van der Waals surface area (Å²) in [5.41, 5.74) is 9.09. The summed E-state index contributed by atoms with van der Waals surface area (Å²) in [7, 11) is 1.84. The third-order valence-corrected chi connectivity index (χ3v) is 7.01. The lowest BCUT2D eigenvalue weighted by Gasteiger charge is -2.43. The number of hydrogen-bond donors (Lipinski definition) is 4. The van der Waals surface area contributed by atoms with E-state index in [-0.39, 0.29) is 23.2 Å². The molecule has 1 fully saturated rings. The van der Waals surface area contributed by atoms with E-state index in [1.54, 1.807) is 42.3 Å². The summed E-state index contributed by atoms with van der Waals surface area (Å²) in [5.74, 6) is -0.593. The van der Waals surface area contributed by atoms with Crippen LogP contribution in [0.1, 0.15) is 54.4 Å². The van der Waals surface area contributed by atoms with Crippen LogP contribution < -0.4 is 11.1 Å². The van der Waals surface area contributed by atoms with Crippen molar-refractivity contribution in [3.63, 3.8) is 0 Å². The number of carbonyl (C=O) groups excluding carboxylic acids is 1. The molecule has 0 radical (unpaired) electrons. The van der Waals surface area contributed by atoms with Gasteiger partial charge < -0.3 is 21.3 Å². The number of nitrogens with two attached hydrogens (primary N) is 1. The fourth-order valence-electron chi connectivity index (χ4n) is 4.45. The zero-order valence-electron chi connectivity index (χ0n) is 19.3. The third-order valence-electron chi connectivity index (χ3n) is 7.01. The van der Waals surface area contributed by atoms with E-state index in [1.165, 1.54) is 0 Å². The first-order valence-electron chi connectivity index (χ1n) is 11.0. The molecule has 1 aliphatic carbocycles. The van der Waals surface area contributed by atoms with Crippen molar-refractivity contribution in [1.82, 2.24) is 19.7 Å². The summed E-state index contributed by atoms with van der Waals surface area (Å²) in [6.45, 7) is 5.52. The fourth-order valence-corrected chi connectivity index (χ4v) is 4.45. The number of carbonyl (C=O) groups is 1. The van der Waals surface area contributed by atoms with Gasteiger partial charge in [-0.15, -0.1) is 0 Å². The van der Waals surface area contributed by atoms with Gasteiger partial charge in [0.15, 0.2) is 5.69 Å². The second-order valence-corrected chi connectivity index (χ2v) is 9.13. The average molecular weight is 451 g/mol. The molecule has 33 heavy (non-hydrogen) atoms. The minimum absolute atomic E-state index is 0.0387. The molecule has 1 saturated carbocycles. The number of hydrogen-bond acceptors (Lipinski definition) is 7. The van der Waals surface area contributed by atoms with Crippen LogP contribution in [0.3, 0.4) is 0 Å². The summed E-state index contributed by atoms with van der Waals surface area (Å²) in [6.07, 6.45) is 5.15. The number of aromatic nitrogens is 4. The molecule has 3 aromatic heterocycles. The molecule has 3 heterocycles. The number of anilines is 2. The highest BCUT2D eigenvalue weighted by Crippen LogP contribution is 2.43. The molecule has 0 unspecified atom stereocenters. The molecule has 0 saturated heterocycles. The monoisotopic (exact) mass is 450 g/mol. The Balaban J connectivity index is 1.62. The Morgan fingerprint density at radius 3 is 2.70 bits per heavy atom. The Labute approximate surface area is 192 Å². The van der Waals surface area contributed by atoms with Gasteiger partial charge in [0.05, 0.1) is 41.2 Å². The first-order valence-corrected chi connectivity index (χ1v) is 11.0. The van der Waals surface area contributed by atoms with Crippen LogP contribution in [-0.2, 0) is 7.05 Å². The molecule has 3 aromatic rings. The largest absolute Gasteiger partial charge is 0.397 e. The maximum Gasteiger partial charge on any atom is 0.276 e. The standard InChI is InChI=1S/C24H30N6O3/c1-13-9-15(10-21(31)24(13,3)33)16-7-8-26-12-20(16)29-23(32)22-18(25)5-6-19(28-22)17-11-27-30(4)14(17)2/h5-8,11-13,15,21,31,33H,9-10,25H2,1-4H3,(H,29,32)/t13-,15+,21+,24+/m0/s1. The van der Waals surface area contributed by atoms with Gasteiger partial charge in [-0.3, -0.25) is 14.5 Å². The first-order chi connectivity index (χ1) is 15.6. The molecule has 4 rings (SSSR count). The normalized spacial score (nSPS) is 25.1. The number of nitrogens with one attached hydrogen (secondary N) is 1. The molecule has 9 nitrogen and oxygen atoms in total. The third kappa shape index (κ3) is 4.21. The Morgan fingerprint density at radius 1 is 1.27 bits per heavy atom. The number of amides is 1. The predicted octanol–water partition coefficient (Wildman–Crippen LogP) is 2.65. The molecule has 0 aliphatic heterocycles. The van der Waals surface area contributed by atoms with E-state index < -0.39 is 17.6 Å². The molecular weight excluding hydrogens is 420 g/mol. The predicted molar refractivity (Wildman–Crippen MR) is 126 cm³/mol. The van der Waals surface area contributed by atoms with Gasteiger partial charge >= 0.3 is 0 Å². The number of aryl methyl sites for hydroxylation is 1. The number of aliphatic hydroxyl groups is 2. The molecule has 0 bridgehead atoms. The molecule has 0 spiro atoms. The highest BCUT2D eigenvalue weighted by molar-refractivity contribution is 6.06. The molecule has 4 atom stereocenters. The van der Waals surface area contributed by atoms with Gasteiger partial charge in [-0.1, -0.05) is 6.92 Å². The van der Waals surface area contributed by atoms with E-state index in [4.69, 9.17) is 5.73 Å². The van der Waals surface area contributed by atoms with E-state index in [1.807, 2.05) is 27.0 Å². The van der Waals surface area contributed by atoms with E-state index in [2.05, 4.69) is 20.4 Å². The highest BCUT2D eigenvalue weighted by atomic mass is 16.3. The van der Waals surface area contributed by atoms with Gasteiger partial charge in [-0.05, 0) is 62.3 Å². The van der Waals surface area contributed by atoms with Crippen molar-refractivity contribution in [3.8, 4) is 11.3 Å². The Kier molecular flexibility index (Phi) is 5.94. The van der Waals surface area contributed by atoms with Gasteiger partial charge in [-0.25, -0.2) is 4.98 Å². The smallest absolute Gasteiger partial charge is 0.276 e. The van der Waals surface area contributed by atoms with Gasteiger partial charge in [0.2, 0.25) is 0 Å². The number of aliphatic hydroxyl groups excluding tert-OH is 1. The second kappa shape index (κ2) is 8.57. The highest BCUT2D eigenvalue weighted by Gasteiger charge is 2.43. The van der Waals surface area contributed by atoms with Crippen LogP contribution in [-0.4, -0.2) is 47.6 Å². The topological polar surface area (TPSA) is 139 Å². The van der Waals surface area contributed by atoms with Gasteiger partial charge in [0.1, 0.15) is 0 Å². The van der Waals surface area contributed by atoms with Crippen molar-refractivity contribution in [2.75, 3.05) is 11.1 Å². The lowest BCUT2D eigenvalue weighted by molar-refractivity contribution is -0.123. The minimum atomic E-state index is -1.14. The summed E-state index contributed by atoms with van der Waals surface area (Å²) < 4.78 is 1.74. The maximum atomic E-state index is 13.2. The summed E-state index contributed by atoms with van der Waals surface area (Å²) >= 11 is 0. The zero-order valence-corrected chi connectivity index (χ0v) is 19.3. The number of nitrogens with zero attached hydrogens (tertiary/aromatic N) is 4. The van der Waals surface area contributed by atoms with Crippen LogP contribution in [0.25, 0.3) is 11.3 Å². The minimum Gasteiger partial charge on any atom is -0.397 e. The van der Waals surface area contributed by atoms with Crippen LogP contribution in [0.15, 0.2) is 36.8 Å². The Hall–Kier alpha value is -3.30. The van der Waals surface area contributed by atoms with Crippen LogP contribution in [0.5, 0.6) is 0 Å². The molecule has 1 aliphatic rings. The van der Waals surface area contributed by atoms with Crippen molar-refractivity contribution in [2.24, 2.45) is 13.0 Å². The zero-order chi connectivity index (χ0) is 23.9. The molecule has 5 N–H and O–H groups in total. The number of rotatable bonds is 4. The summed E-state index contributed by atoms with van der Waals surface area (Å²) in [5, 5.41) is 28.2. The average Bonchev–Trinajstić information content (AvgIpc) is 3.11. The van der Waals surface area contributed by atoms with Crippen LogP contribution in [0, 0.1) is 12.8 Å². The lowest BCUT2D eigenvalue weighted by atomic mass is 9.69. The van der Waals surface area contributed by atoms with E-state index in [0.29, 0.717) is 24.2 Å². The number of nitrogen functional groups attached to an aromatic ring is 1. The molecule has 1 amide bonds. The summed E-state index contributed by atoms with van der Waals surface area (Å²) in [4.78, 5) is 21.9. The van der Waals surface area contributed by atoms with Crippen molar-refractivity contribution in [3.05, 3.63) is 53.7 Å². The quantitative estimate of drug-likeness (QED) is 0.479. The summed E-state index contributed by atoms with van der Waals surface area (Å²) in [6, 6.07) is 5.27. The Bertz CT molecular complexity index is 1170. The first kappa shape index (κ1) is 22.9. The van der Waals surface area contributed by atoms with Crippen molar-refractivity contribution in [1.29, 1.82) is 0 Å². The van der Waals surface area contributed by atoms with Crippen molar-refractivity contribution in [2.45, 2.75) is 51.2 Å². The van der Waals surface area contributed by atoms with Gasteiger partial charge in [0.25, 0.3) is 5.91 Å². The van der Waals surface area contributed by atoms with Crippen molar-refractivity contribution < 1.29 is 15.0 Å².